The fourth-order valence-electron chi connectivity index (χ4n) is 2.80. The summed E-state index contributed by atoms with van der Waals surface area (Å²) < 4.78 is 5.14. The van der Waals surface area contributed by atoms with Gasteiger partial charge in [-0.15, -0.1) is 0 Å². The summed E-state index contributed by atoms with van der Waals surface area (Å²) in [5.74, 6) is 1.85. The highest BCUT2D eigenvalue weighted by molar-refractivity contribution is 5.99. The minimum atomic E-state index is 0.00279. The zero-order valence-corrected chi connectivity index (χ0v) is 14.7. The third kappa shape index (κ3) is 3.62. The van der Waals surface area contributed by atoms with Gasteiger partial charge in [-0.2, -0.15) is 4.98 Å². The van der Waals surface area contributed by atoms with Gasteiger partial charge in [0, 0.05) is 58.7 Å². The third-order valence-electron chi connectivity index (χ3n) is 4.12. The number of ether oxygens (including phenoxy) is 1. The lowest BCUT2D eigenvalue weighted by atomic mass is 10.2. The molecule has 0 bridgehead atoms. The molecule has 0 radical (unpaired) electrons. The second-order valence-corrected chi connectivity index (χ2v) is 5.95. The molecule has 3 rings (SSSR count). The first-order valence-corrected chi connectivity index (χ1v) is 8.13. The Morgan fingerprint density at radius 3 is 2.56 bits per heavy atom. The first-order chi connectivity index (χ1) is 12.1. The molecule has 3 heterocycles. The summed E-state index contributed by atoms with van der Waals surface area (Å²) in [6.45, 7) is 2.58. The molecule has 8 nitrogen and oxygen atoms in total. The lowest BCUT2D eigenvalue weighted by Crippen LogP contribution is -2.49. The Balaban J connectivity index is 1.69. The van der Waals surface area contributed by atoms with Crippen LogP contribution in [0.5, 0.6) is 5.88 Å². The van der Waals surface area contributed by atoms with E-state index in [1.165, 1.54) is 0 Å². The number of pyridine rings is 1. The van der Waals surface area contributed by atoms with Gasteiger partial charge in [0.25, 0.3) is 5.91 Å². The summed E-state index contributed by atoms with van der Waals surface area (Å²) in [5, 5.41) is 0. The predicted octanol–water partition coefficient (Wildman–Crippen LogP) is 0.909. The Morgan fingerprint density at radius 2 is 1.88 bits per heavy atom. The number of rotatable bonds is 4. The zero-order valence-electron chi connectivity index (χ0n) is 14.7. The van der Waals surface area contributed by atoms with Gasteiger partial charge in [0.1, 0.15) is 5.82 Å². The highest BCUT2D eigenvalue weighted by atomic mass is 16.5. The number of nitrogens with zero attached hydrogens (tertiary/aromatic N) is 6. The molecule has 1 fully saturated rings. The minimum Gasteiger partial charge on any atom is -0.481 e. The quantitative estimate of drug-likeness (QED) is 0.817. The number of carbonyl (C=O) groups excluding carboxylic acids is 1. The summed E-state index contributed by atoms with van der Waals surface area (Å²) in [6, 6.07) is 5.33. The van der Waals surface area contributed by atoms with Crippen LogP contribution < -0.4 is 14.5 Å². The van der Waals surface area contributed by atoms with Crippen molar-refractivity contribution in [3.8, 4) is 5.88 Å². The molecule has 0 spiro atoms. The summed E-state index contributed by atoms with van der Waals surface area (Å²) in [5.41, 5.74) is 0.624. The molecule has 0 unspecified atom stereocenters. The van der Waals surface area contributed by atoms with Gasteiger partial charge in [-0.3, -0.25) is 4.79 Å². The number of piperazine rings is 1. The van der Waals surface area contributed by atoms with Crippen molar-refractivity contribution in [1.29, 1.82) is 0 Å². The molecule has 0 aliphatic carbocycles. The Hall–Kier alpha value is -2.90. The van der Waals surface area contributed by atoms with Crippen molar-refractivity contribution in [3.63, 3.8) is 0 Å². The van der Waals surface area contributed by atoms with Gasteiger partial charge in [0.05, 0.1) is 12.7 Å². The number of methoxy groups -OCH3 is 1. The van der Waals surface area contributed by atoms with Crippen LogP contribution in [0.3, 0.4) is 0 Å². The Morgan fingerprint density at radius 1 is 1.12 bits per heavy atom. The van der Waals surface area contributed by atoms with Crippen LogP contribution in [-0.2, 0) is 0 Å². The van der Waals surface area contributed by atoms with Crippen molar-refractivity contribution in [1.82, 2.24) is 19.9 Å². The lowest BCUT2D eigenvalue weighted by molar-refractivity contribution is 0.0746. The number of hydrogen-bond donors (Lipinski definition) is 0. The Bertz CT molecular complexity index is 743. The van der Waals surface area contributed by atoms with Crippen LogP contribution in [0.25, 0.3) is 0 Å². The van der Waals surface area contributed by atoms with Crippen molar-refractivity contribution in [2.75, 3.05) is 57.2 Å². The molecule has 0 N–H and O–H groups in total. The van der Waals surface area contributed by atoms with Crippen molar-refractivity contribution >= 4 is 17.7 Å². The van der Waals surface area contributed by atoms with Crippen LogP contribution in [0, 0.1) is 0 Å². The van der Waals surface area contributed by atoms with Crippen LogP contribution in [0.1, 0.15) is 10.4 Å². The summed E-state index contributed by atoms with van der Waals surface area (Å²) >= 11 is 0. The van der Waals surface area contributed by atoms with Gasteiger partial charge in [-0.1, -0.05) is 0 Å². The van der Waals surface area contributed by atoms with Crippen molar-refractivity contribution in [3.05, 3.63) is 36.2 Å². The van der Waals surface area contributed by atoms with Gasteiger partial charge in [0.2, 0.25) is 11.8 Å². The number of hydrogen-bond acceptors (Lipinski definition) is 7. The van der Waals surface area contributed by atoms with E-state index in [-0.39, 0.29) is 5.91 Å². The maximum absolute atomic E-state index is 12.9. The highest BCUT2D eigenvalue weighted by Crippen LogP contribution is 2.19. The molecule has 2 aromatic rings. The second-order valence-electron chi connectivity index (χ2n) is 5.95. The monoisotopic (exact) mass is 342 g/mol. The van der Waals surface area contributed by atoms with Crippen molar-refractivity contribution in [2.45, 2.75) is 0 Å². The van der Waals surface area contributed by atoms with E-state index in [9.17, 15) is 4.79 Å². The van der Waals surface area contributed by atoms with Gasteiger partial charge in [0.15, 0.2) is 0 Å². The Kier molecular flexibility index (Phi) is 4.97. The second kappa shape index (κ2) is 7.33. The van der Waals surface area contributed by atoms with E-state index in [0.717, 1.165) is 0 Å². The minimum absolute atomic E-state index is 0.00279. The van der Waals surface area contributed by atoms with E-state index >= 15 is 0 Å². The van der Waals surface area contributed by atoms with Gasteiger partial charge >= 0.3 is 0 Å². The molecular formula is C17H22N6O2. The topological polar surface area (TPSA) is 74.7 Å². The van der Waals surface area contributed by atoms with Gasteiger partial charge < -0.3 is 19.4 Å². The summed E-state index contributed by atoms with van der Waals surface area (Å²) in [6.07, 6.45) is 3.38. The zero-order chi connectivity index (χ0) is 17.8. The van der Waals surface area contributed by atoms with Crippen LogP contribution in [0.2, 0.25) is 0 Å². The molecule has 1 amide bonds. The average molecular weight is 342 g/mol. The van der Waals surface area contributed by atoms with Crippen LogP contribution >= 0.6 is 0 Å². The van der Waals surface area contributed by atoms with Crippen molar-refractivity contribution < 1.29 is 9.53 Å². The summed E-state index contributed by atoms with van der Waals surface area (Å²) in [7, 11) is 5.35. The standard InChI is InChI=1S/C17H22N6O2/c1-21(2)15-13(5-4-7-18-15)16(24)22-9-11-23(12-10-22)17-19-8-6-14(20-17)25-3/h4-8H,9-12H2,1-3H3. The number of aromatic nitrogens is 3. The largest absolute Gasteiger partial charge is 0.481 e. The normalized spacial score (nSPS) is 14.4. The molecule has 0 saturated carbocycles. The van der Waals surface area contributed by atoms with E-state index in [4.69, 9.17) is 4.74 Å². The van der Waals surface area contributed by atoms with E-state index in [2.05, 4.69) is 19.9 Å². The Labute approximate surface area is 147 Å². The molecule has 1 aliphatic heterocycles. The highest BCUT2D eigenvalue weighted by Gasteiger charge is 2.25. The molecule has 132 valence electrons. The lowest BCUT2D eigenvalue weighted by Gasteiger charge is -2.35. The molecule has 2 aromatic heterocycles. The first-order valence-electron chi connectivity index (χ1n) is 8.13. The average Bonchev–Trinajstić information content (AvgIpc) is 2.67. The maximum Gasteiger partial charge on any atom is 0.257 e. The summed E-state index contributed by atoms with van der Waals surface area (Å²) in [4.78, 5) is 31.6. The molecule has 0 aromatic carbocycles. The van der Waals surface area contributed by atoms with Crippen LogP contribution in [-0.4, -0.2) is 73.1 Å². The van der Waals surface area contributed by atoms with E-state index in [1.807, 2.05) is 30.0 Å². The van der Waals surface area contributed by atoms with Crippen molar-refractivity contribution in [2.24, 2.45) is 0 Å². The van der Waals surface area contributed by atoms with Gasteiger partial charge in [-0.05, 0) is 12.1 Å². The smallest absolute Gasteiger partial charge is 0.257 e. The molecular weight excluding hydrogens is 320 g/mol. The molecule has 1 aliphatic rings. The SMILES string of the molecule is COc1ccnc(N2CCN(C(=O)c3cccnc3N(C)C)CC2)n1. The predicted molar refractivity (Wildman–Crippen MR) is 95.3 cm³/mol. The maximum atomic E-state index is 12.9. The van der Waals surface area contributed by atoms with Crippen LogP contribution in [0.15, 0.2) is 30.6 Å². The molecule has 8 heteroatoms. The molecule has 1 saturated heterocycles. The van der Waals surface area contributed by atoms with E-state index in [0.29, 0.717) is 49.4 Å². The number of anilines is 2. The third-order valence-corrected chi connectivity index (χ3v) is 4.12. The molecule has 25 heavy (non-hydrogen) atoms. The van der Waals surface area contributed by atoms with E-state index < -0.39 is 0 Å². The fourth-order valence-corrected chi connectivity index (χ4v) is 2.80. The number of carbonyl (C=O) groups is 1. The van der Waals surface area contributed by atoms with E-state index in [1.54, 1.807) is 31.6 Å². The fraction of sp³-hybridized carbons (Fsp3) is 0.412. The first kappa shape index (κ1) is 16.9. The van der Waals surface area contributed by atoms with Gasteiger partial charge in [-0.25, -0.2) is 9.97 Å². The number of amides is 1. The van der Waals surface area contributed by atoms with Crippen LogP contribution in [0.4, 0.5) is 11.8 Å². The molecule has 0 atom stereocenters.